The van der Waals surface area contributed by atoms with Crippen molar-refractivity contribution in [3.63, 3.8) is 0 Å². The molecule has 2 aromatic rings. The zero-order chi connectivity index (χ0) is 17.9. The maximum Gasteiger partial charge on any atom is 0.418 e. The van der Waals surface area contributed by atoms with E-state index in [9.17, 15) is 23.1 Å². The molecule has 0 aliphatic carbocycles. The molecule has 0 aliphatic rings. The molecule has 1 aromatic carbocycles. The van der Waals surface area contributed by atoms with E-state index in [0.29, 0.717) is 0 Å². The summed E-state index contributed by atoms with van der Waals surface area (Å²) >= 11 is 0. The molecule has 0 radical (unpaired) electrons. The van der Waals surface area contributed by atoms with E-state index in [-0.39, 0.29) is 24.0 Å². The minimum absolute atomic E-state index is 0.240. The second kappa shape index (κ2) is 6.91. The van der Waals surface area contributed by atoms with Crippen molar-refractivity contribution in [1.82, 2.24) is 15.1 Å². The summed E-state index contributed by atoms with van der Waals surface area (Å²) in [6.45, 7) is 1.92. The Morgan fingerprint density at radius 3 is 2.71 bits per heavy atom. The number of alkyl halides is 3. The molecule has 0 saturated carbocycles. The fourth-order valence-corrected chi connectivity index (χ4v) is 2.15. The third-order valence-corrected chi connectivity index (χ3v) is 3.16. The Bertz CT molecular complexity index is 728. The van der Waals surface area contributed by atoms with E-state index in [1.165, 1.54) is 25.3 Å². The standard InChI is InChI=1S/C15H16F3N3O3/c1-9(8-24-2)19-14(23)13-12(22)7-21(20-13)11-6-4-3-5-10(11)15(16,17)18/h3-7,9,22H,8H2,1-2H3,(H,19,23)/t9-/m1/s1. The van der Waals surface area contributed by atoms with E-state index in [0.717, 1.165) is 16.9 Å². The smallest absolute Gasteiger partial charge is 0.418 e. The highest BCUT2D eigenvalue weighted by atomic mass is 19.4. The van der Waals surface area contributed by atoms with Crippen molar-refractivity contribution in [2.24, 2.45) is 0 Å². The van der Waals surface area contributed by atoms with E-state index in [1.54, 1.807) is 6.92 Å². The highest BCUT2D eigenvalue weighted by Crippen LogP contribution is 2.34. The van der Waals surface area contributed by atoms with Crippen molar-refractivity contribution < 1.29 is 27.8 Å². The molecule has 1 heterocycles. The van der Waals surface area contributed by atoms with Gasteiger partial charge in [0.25, 0.3) is 5.91 Å². The number of hydrogen-bond donors (Lipinski definition) is 2. The van der Waals surface area contributed by atoms with Crippen LogP contribution in [-0.4, -0.2) is 40.6 Å². The van der Waals surface area contributed by atoms with Gasteiger partial charge in [0.2, 0.25) is 0 Å². The van der Waals surface area contributed by atoms with Crippen LogP contribution in [0, 0.1) is 0 Å². The van der Waals surface area contributed by atoms with Crippen LogP contribution >= 0.6 is 0 Å². The van der Waals surface area contributed by atoms with Crippen LogP contribution in [0.1, 0.15) is 23.0 Å². The summed E-state index contributed by atoms with van der Waals surface area (Å²) < 4.78 is 44.9. The number of aromatic nitrogens is 2. The molecule has 0 saturated heterocycles. The summed E-state index contributed by atoms with van der Waals surface area (Å²) in [6, 6.07) is 4.40. The first kappa shape index (κ1) is 17.8. The maximum atomic E-state index is 13.1. The highest BCUT2D eigenvalue weighted by molar-refractivity contribution is 5.95. The van der Waals surface area contributed by atoms with Gasteiger partial charge >= 0.3 is 6.18 Å². The lowest BCUT2D eigenvalue weighted by Gasteiger charge is -2.12. The van der Waals surface area contributed by atoms with Gasteiger partial charge in [-0.2, -0.15) is 18.3 Å². The molecule has 130 valence electrons. The first-order valence-corrected chi connectivity index (χ1v) is 6.99. The number of ether oxygens (including phenoxy) is 1. The third kappa shape index (κ3) is 3.85. The Morgan fingerprint density at radius 1 is 1.42 bits per heavy atom. The average molecular weight is 343 g/mol. The number of hydrogen-bond acceptors (Lipinski definition) is 4. The van der Waals surface area contributed by atoms with Crippen molar-refractivity contribution >= 4 is 5.91 Å². The molecule has 0 bridgehead atoms. The summed E-state index contributed by atoms with van der Waals surface area (Å²) in [5.74, 6) is -1.23. The number of amides is 1. The number of para-hydroxylation sites is 1. The van der Waals surface area contributed by atoms with E-state index in [4.69, 9.17) is 4.74 Å². The van der Waals surface area contributed by atoms with E-state index in [2.05, 4.69) is 10.4 Å². The Morgan fingerprint density at radius 2 is 2.08 bits per heavy atom. The normalized spacial score (nSPS) is 12.9. The number of nitrogens with one attached hydrogen (secondary N) is 1. The first-order chi connectivity index (χ1) is 11.2. The SMILES string of the molecule is COC[C@@H](C)NC(=O)c1nn(-c2ccccc2C(F)(F)F)cc1O. The molecule has 0 spiro atoms. The fraction of sp³-hybridized carbons (Fsp3) is 0.333. The number of halogens is 3. The molecule has 0 aliphatic heterocycles. The monoisotopic (exact) mass is 343 g/mol. The second-order valence-corrected chi connectivity index (χ2v) is 5.15. The van der Waals surface area contributed by atoms with Crippen LogP contribution in [0.5, 0.6) is 5.75 Å². The van der Waals surface area contributed by atoms with Gasteiger partial charge in [-0.25, -0.2) is 4.68 Å². The van der Waals surface area contributed by atoms with Crippen LogP contribution in [0.4, 0.5) is 13.2 Å². The molecule has 0 unspecified atom stereocenters. The number of carbonyl (C=O) groups is 1. The van der Waals surface area contributed by atoms with Gasteiger partial charge in [0, 0.05) is 13.2 Å². The quantitative estimate of drug-likeness (QED) is 0.874. The predicted molar refractivity (Wildman–Crippen MR) is 79.0 cm³/mol. The van der Waals surface area contributed by atoms with Gasteiger partial charge in [0.05, 0.1) is 24.1 Å². The summed E-state index contributed by atoms with van der Waals surface area (Å²) in [7, 11) is 1.46. The molecule has 24 heavy (non-hydrogen) atoms. The largest absolute Gasteiger partial charge is 0.504 e. The molecule has 1 amide bonds. The van der Waals surface area contributed by atoms with E-state index < -0.39 is 23.4 Å². The number of carbonyl (C=O) groups excluding carboxylic acids is 1. The van der Waals surface area contributed by atoms with Gasteiger partial charge in [0.1, 0.15) is 0 Å². The number of aromatic hydroxyl groups is 1. The zero-order valence-corrected chi connectivity index (χ0v) is 13.0. The lowest BCUT2D eigenvalue weighted by molar-refractivity contribution is -0.137. The third-order valence-electron chi connectivity index (χ3n) is 3.16. The molecule has 0 fully saturated rings. The Balaban J connectivity index is 2.35. The van der Waals surface area contributed by atoms with Crippen LogP contribution < -0.4 is 5.32 Å². The Labute approximate surface area is 135 Å². The summed E-state index contributed by atoms with van der Waals surface area (Å²) in [5, 5.41) is 16.1. The van der Waals surface area contributed by atoms with Gasteiger partial charge < -0.3 is 15.2 Å². The van der Waals surface area contributed by atoms with Crippen molar-refractivity contribution in [3.8, 4) is 11.4 Å². The molecule has 1 atom stereocenters. The zero-order valence-electron chi connectivity index (χ0n) is 13.0. The molecule has 2 N–H and O–H groups in total. The molecule has 1 aromatic heterocycles. The van der Waals surface area contributed by atoms with Gasteiger partial charge in [-0.1, -0.05) is 12.1 Å². The minimum Gasteiger partial charge on any atom is -0.504 e. The molecule has 2 rings (SSSR count). The topological polar surface area (TPSA) is 76.4 Å². The molecule has 6 nitrogen and oxygen atoms in total. The van der Waals surface area contributed by atoms with Gasteiger partial charge in [-0.15, -0.1) is 0 Å². The van der Waals surface area contributed by atoms with Crippen LogP contribution in [0.2, 0.25) is 0 Å². The number of rotatable bonds is 5. The average Bonchev–Trinajstić information content (AvgIpc) is 2.88. The van der Waals surface area contributed by atoms with Crippen LogP contribution in [0.3, 0.4) is 0 Å². The maximum absolute atomic E-state index is 13.1. The second-order valence-electron chi connectivity index (χ2n) is 5.15. The van der Waals surface area contributed by atoms with Crippen molar-refractivity contribution in [2.75, 3.05) is 13.7 Å². The molecular formula is C15H16F3N3O3. The summed E-state index contributed by atoms with van der Waals surface area (Å²) in [6.07, 6.45) is -3.63. The van der Waals surface area contributed by atoms with Gasteiger partial charge in [0.15, 0.2) is 11.4 Å². The van der Waals surface area contributed by atoms with Gasteiger partial charge in [-0.3, -0.25) is 4.79 Å². The Kier molecular flexibility index (Phi) is 5.13. The van der Waals surface area contributed by atoms with Gasteiger partial charge in [-0.05, 0) is 19.1 Å². The number of methoxy groups -OCH3 is 1. The van der Waals surface area contributed by atoms with Crippen LogP contribution in [0.15, 0.2) is 30.5 Å². The summed E-state index contributed by atoms with van der Waals surface area (Å²) in [5.41, 5.74) is -1.58. The molecule has 9 heteroatoms. The summed E-state index contributed by atoms with van der Waals surface area (Å²) in [4.78, 5) is 12.1. The molecular weight excluding hydrogens is 327 g/mol. The highest BCUT2D eigenvalue weighted by Gasteiger charge is 2.34. The number of benzene rings is 1. The van der Waals surface area contributed by atoms with Crippen molar-refractivity contribution in [3.05, 3.63) is 41.7 Å². The van der Waals surface area contributed by atoms with Crippen molar-refractivity contribution in [2.45, 2.75) is 19.1 Å². The van der Waals surface area contributed by atoms with Crippen LogP contribution in [0.25, 0.3) is 5.69 Å². The lowest BCUT2D eigenvalue weighted by Crippen LogP contribution is -2.35. The first-order valence-electron chi connectivity index (χ1n) is 6.99. The van der Waals surface area contributed by atoms with E-state index >= 15 is 0 Å². The van der Waals surface area contributed by atoms with Crippen LogP contribution in [-0.2, 0) is 10.9 Å². The number of nitrogens with zero attached hydrogens (tertiary/aromatic N) is 2. The minimum atomic E-state index is -4.59. The van der Waals surface area contributed by atoms with Crippen molar-refractivity contribution in [1.29, 1.82) is 0 Å². The Hall–Kier alpha value is -2.55. The fourth-order valence-electron chi connectivity index (χ4n) is 2.15. The lowest BCUT2D eigenvalue weighted by atomic mass is 10.2. The predicted octanol–water partition coefficient (Wildman–Crippen LogP) is 2.36. The van der Waals surface area contributed by atoms with E-state index in [1.807, 2.05) is 0 Å².